The molecule has 0 N–H and O–H groups in total. The van der Waals surface area contributed by atoms with Gasteiger partial charge >= 0.3 is 0 Å². The molecule has 1 heterocycles. The van der Waals surface area contributed by atoms with E-state index in [1.807, 2.05) is 12.3 Å². The molecule has 0 amide bonds. The molecule has 0 bridgehead atoms. The Labute approximate surface area is 146 Å². The highest BCUT2D eigenvalue weighted by molar-refractivity contribution is 7.80. The fraction of sp³-hybridized carbons (Fsp3) is 0.524. The zero-order chi connectivity index (χ0) is 16.7. The van der Waals surface area contributed by atoms with Gasteiger partial charge in [0.2, 0.25) is 0 Å². The summed E-state index contributed by atoms with van der Waals surface area (Å²) in [7, 11) is 0. The number of hydrogen-bond acceptors (Lipinski definition) is 2. The van der Waals surface area contributed by atoms with Crippen molar-refractivity contribution in [3.05, 3.63) is 53.9 Å². The van der Waals surface area contributed by atoms with Crippen molar-refractivity contribution in [1.82, 2.24) is 4.98 Å². The van der Waals surface area contributed by atoms with Crippen molar-refractivity contribution in [3.63, 3.8) is 0 Å². The van der Waals surface area contributed by atoms with Gasteiger partial charge in [-0.15, -0.1) is 0 Å². The van der Waals surface area contributed by atoms with Gasteiger partial charge in [0.15, 0.2) is 0 Å². The van der Waals surface area contributed by atoms with Crippen LogP contribution in [0.15, 0.2) is 48.2 Å². The normalized spacial score (nSPS) is 17.2. The van der Waals surface area contributed by atoms with Gasteiger partial charge in [-0.2, -0.15) is 0 Å². The molecule has 0 fully saturated rings. The number of nitrogens with zero attached hydrogens (tertiary/aromatic N) is 1. The van der Waals surface area contributed by atoms with Crippen LogP contribution >= 0.6 is 12.2 Å². The molecule has 1 aromatic heterocycles. The van der Waals surface area contributed by atoms with Gasteiger partial charge in [-0.1, -0.05) is 57.3 Å². The zero-order valence-electron chi connectivity index (χ0n) is 14.7. The molecular formula is C21H29NS. The average molecular weight is 328 g/mol. The van der Waals surface area contributed by atoms with E-state index in [2.05, 4.69) is 56.1 Å². The fourth-order valence-corrected chi connectivity index (χ4v) is 3.60. The Morgan fingerprint density at radius 3 is 2.70 bits per heavy atom. The van der Waals surface area contributed by atoms with Crippen LogP contribution in [0.5, 0.6) is 0 Å². The summed E-state index contributed by atoms with van der Waals surface area (Å²) >= 11 is 5.49. The maximum atomic E-state index is 5.49. The Hall–Kier alpha value is -1.28. The van der Waals surface area contributed by atoms with Crippen molar-refractivity contribution >= 4 is 17.1 Å². The first-order valence-corrected chi connectivity index (χ1v) is 9.26. The van der Waals surface area contributed by atoms with Gasteiger partial charge in [-0.25, -0.2) is 0 Å². The standard InChI is InChI=1S/C21H29NS/c1-16(2)14-19(15-20-9-6-7-13-22-20)17(3)11-12-18-8-4-5-10-21(18)23/h4-9,13,16-17,19H,10-12,14-15H2,1-3H3. The Balaban J connectivity index is 1.96. The number of aromatic nitrogens is 1. The van der Waals surface area contributed by atoms with E-state index in [1.165, 1.54) is 24.1 Å². The fourth-order valence-electron chi connectivity index (χ4n) is 3.33. The molecule has 2 atom stereocenters. The van der Waals surface area contributed by atoms with Gasteiger partial charge in [0.1, 0.15) is 0 Å². The van der Waals surface area contributed by atoms with Crippen LogP contribution in [0.25, 0.3) is 0 Å². The second-order valence-electron chi connectivity index (χ2n) is 7.18. The lowest BCUT2D eigenvalue weighted by Gasteiger charge is -2.26. The van der Waals surface area contributed by atoms with Crippen LogP contribution in [0.2, 0.25) is 0 Å². The SMILES string of the molecule is CC(C)CC(Cc1ccccn1)C(C)CCC1=CC=CCC1=S. The average Bonchev–Trinajstić information content (AvgIpc) is 2.54. The molecule has 0 radical (unpaired) electrons. The quantitative estimate of drug-likeness (QED) is 0.546. The first-order valence-electron chi connectivity index (χ1n) is 8.85. The lowest BCUT2D eigenvalue weighted by Crippen LogP contribution is -2.18. The van der Waals surface area contributed by atoms with E-state index in [9.17, 15) is 0 Å². The predicted octanol–water partition coefficient (Wildman–Crippen LogP) is 5.96. The van der Waals surface area contributed by atoms with Gasteiger partial charge in [0.05, 0.1) is 0 Å². The Morgan fingerprint density at radius 2 is 2.04 bits per heavy atom. The van der Waals surface area contributed by atoms with Crippen LogP contribution in [0, 0.1) is 17.8 Å². The summed E-state index contributed by atoms with van der Waals surface area (Å²) in [5, 5.41) is 0. The number of pyridine rings is 1. The van der Waals surface area contributed by atoms with Crippen LogP contribution in [0.1, 0.15) is 52.1 Å². The van der Waals surface area contributed by atoms with Crippen LogP contribution in [0.3, 0.4) is 0 Å². The van der Waals surface area contributed by atoms with Crippen molar-refractivity contribution in [2.24, 2.45) is 17.8 Å². The van der Waals surface area contributed by atoms with E-state index < -0.39 is 0 Å². The molecule has 0 aromatic carbocycles. The molecule has 2 heteroatoms. The summed E-state index contributed by atoms with van der Waals surface area (Å²) in [5.41, 5.74) is 2.59. The van der Waals surface area contributed by atoms with Crippen molar-refractivity contribution in [1.29, 1.82) is 0 Å². The highest BCUT2D eigenvalue weighted by Crippen LogP contribution is 2.29. The minimum atomic E-state index is 0.689. The molecule has 2 rings (SSSR count). The topological polar surface area (TPSA) is 12.9 Å². The first kappa shape index (κ1) is 18.1. The molecule has 1 aromatic rings. The van der Waals surface area contributed by atoms with E-state index in [1.54, 1.807) is 0 Å². The van der Waals surface area contributed by atoms with Gasteiger partial charge < -0.3 is 0 Å². The van der Waals surface area contributed by atoms with Gasteiger partial charge in [0, 0.05) is 23.2 Å². The summed E-state index contributed by atoms with van der Waals surface area (Å²) in [4.78, 5) is 5.66. The first-order chi connectivity index (χ1) is 11.1. The lowest BCUT2D eigenvalue weighted by atomic mass is 9.80. The van der Waals surface area contributed by atoms with Crippen molar-refractivity contribution < 1.29 is 0 Å². The van der Waals surface area contributed by atoms with Crippen molar-refractivity contribution in [3.8, 4) is 0 Å². The van der Waals surface area contributed by atoms with Crippen molar-refractivity contribution in [2.75, 3.05) is 0 Å². The molecule has 0 saturated carbocycles. The summed E-state index contributed by atoms with van der Waals surface area (Å²) in [6, 6.07) is 6.25. The lowest BCUT2D eigenvalue weighted by molar-refractivity contribution is 0.282. The summed E-state index contributed by atoms with van der Waals surface area (Å²) in [6.45, 7) is 7.04. The highest BCUT2D eigenvalue weighted by atomic mass is 32.1. The number of rotatable bonds is 8. The van der Waals surface area contributed by atoms with Gasteiger partial charge in [-0.05, 0) is 61.1 Å². The molecule has 0 saturated heterocycles. The molecule has 1 aliphatic carbocycles. The molecule has 23 heavy (non-hydrogen) atoms. The van der Waals surface area contributed by atoms with Crippen LogP contribution in [-0.2, 0) is 6.42 Å². The van der Waals surface area contributed by atoms with E-state index >= 15 is 0 Å². The molecule has 0 aliphatic heterocycles. The second kappa shape index (κ2) is 9.12. The molecule has 1 aliphatic rings. The van der Waals surface area contributed by atoms with Crippen LogP contribution in [0.4, 0.5) is 0 Å². The Kier molecular flexibility index (Phi) is 7.16. The van der Waals surface area contributed by atoms with Gasteiger partial charge in [-0.3, -0.25) is 4.98 Å². The molecule has 2 unspecified atom stereocenters. The minimum Gasteiger partial charge on any atom is -0.261 e. The Morgan fingerprint density at radius 1 is 1.22 bits per heavy atom. The minimum absolute atomic E-state index is 0.689. The Bertz CT molecular complexity index is 556. The summed E-state index contributed by atoms with van der Waals surface area (Å²) in [5.74, 6) is 2.11. The zero-order valence-corrected chi connectivity index (χ0v) is 15.5. The van der Waals surface area contributed by atoms with Crippen molar-refractivity contribution in [2.45, 2.75) is 52.9 Å². The maximum Gasteiger partial charge on any atom is 0.0406 e. The third-order valence-corrected chi connectivity index (χ3v) is 5.17. The van der Waals surface area contributed by atoms with E-state index in [0.717, 1.165) is 30.0 Å². The van der Waals surface area contributed by atoms with E-state index in [-0.39, 0.29) is 0 Å². The van der Waals surface area contributed by atoms with Gasteiger partial charge in [0.25, 0.3) is 0 Å². The summed E-state index contributed by atoms with van der Waals surface area (Å²) in [6.07, 6.45) is 14.0. The van der Waals surface area contributed by atoms with E-state index in [0.29, 0.717) is 11.8 Å². The van der Waals surface area contributed by atoms with Crippen LogP contribution in [-0.4, -0.2) is 9.85 Å². The predicted molar refractivity (Wildman–Crippen MR) is 104 cm³/mol. The number of allylic oxidation sites excluding steroid dienone is 4. The smallest absolute Gasteiger partial charge is 0.0406 e. The number of thiocarbonyl (C=S) groups is 1. The second-order valence-corrected chi connectivity index (χ2v) is 7.67. The number of hydrogen-bond donors (Lipinski definition) is 0. The van der Waals surface area contributed by atoms with Crippen LogP contribution < -0.4 is 0 Å². The molecule has 1 nitrogen and oxygen atoms in total. The highest BCUT2D eigenvalue weighted by Gasteiger charge is 2.20. The monoisotopic (exact) mass is 327 g/mol. The molecule has 124 valence electrons. The van der Waals surface area contributed by atoms with E-state index in [4.69, 9.17) is 12.2 Å². The summed E-state index contributed by atoms with van der Waals surface area (Å²) < 4.78 is 0. The molecular weight excluding hydrogens is 298 g/mol. The largest absolute Gasteiger partial charge is 0.261 e. The third kappa shape index (κ3) is 6.02. The maximum absolute atomic E-state index is 5.49. The third-order valence-electron chi connectivity index (χ3n) is 4.74. The molecule has 0 spiro atoms.